The number of fused-ring (bicyclic) bond motifs is 1. The maximum absolute atomic E-state index is 13.6. The monoisotopic (exact) mass is 673 g/mol. The first-order valence-corrected chi connectivity index (χ1v) is 17.7. The van der Waals surface area contributed by atoms with Crippen LogP contribution in [-0.4, -0.2) is 81.6 Å². The standard InChI is InChI=1S/C37H47N5O5S/c1-5-26(2)34(40-35(43)19-30-20-38-25-42(30)21-27-13-15-31(47-3)16-14-27)23-41(24-36(44)39-33(37(45)46)17-18-48-4)22-29-11-8-10-28-9-6-7-12-32(28)29/h6-16,20,25-26,33-34H,5,17-19,21-24H2,1-4H3,(H,39,44)(H,40,43)(H,45,46)/t26?,33-,34+/m0/s1. The summed E-state index contributed by atoms with van der Waals surface area (Å²) in [6, 6.07) is 20.8. The average Bonchev–Trinajstić information content (AvgIpc) is 3.51. The van der Waals surface area contributed by atoms with Crippen molar-refractivity contribution >= 4 is 40.3 Å². The number of methoxy groups -OCH3 is 1. The molecule has 1 unspecified atom stereocenters. The zero-order valence-corrected chi connectivity index (χ0v) is 29.0. The number of rotatable bonds is 19. The van der Waals surface area contributed by atoms with Crippen LogP contribution in [0.3, 0.4) is 0 Å². The Morgan fingerprint density at radius 2 is 1.77 bits per heavy atom. The van der Waals surface area contributed by atoms with Crippen molar-refractivity contribution in [1.82, 2.24) is 25.1 Å². The molecular formula is C37H47N5O5S. The second kappa shape index (κ2) is 18.3. The predicted octanol–water partition coefficient (Wildman–Crippen LogP) is 4.99. The highest BCUT2D eigenvalue weighted by Gasteiger charge is 2.26. The molecule has 0 saturated heterocycles. The third-order valence-electron chi connectivity index (χ3n) is 8.67. The molecule has 4 aromatic rings. The van der Waals surface area contributed by atoms with Gasteiger partial charge in [0.05, 0.1) is 26.4 Å². The van der Waals surface area contributed by atoms with Crippen LogP contribution >= 0.6 is 11.8 Å². The Bertz CT molecular complexity index is 1640. The number of nitrogens with one attached hydrogen (secondary N) is 2. The van der Waals surface area contributed by atoms with Gasteiger partial charge in [-0.15, -0.1) is 0 Å². The van der Waals surface area contributed by atoms with Crippen molar-refractivity contribution in [1.29, 1.82) is 0 Å². The molecule has 2 amide bonds. The SMILES string of the molecule is CCC(C)[C@@H](CN(CC(=O)N[C@@H](CCSC)C(=O)O)Cc1cccc2ccccc12)NC(=O)Cc1cncn1Cc1ccc(OC)cc1. The number of ether oxygens (including phenoxy) is 1. The van der Waals surface area contributed by atoms with Crippen molar-refractivity contribution in [3.05, 3.63) is 96.1 Å². The van der Waals surface area contributed by atoms with Crippen LogP contribution in [0.5, 0.6) is 5.75 Å². The molecule has 0 fully saturated rings. The third kappa shape index (κ3) is 10.6. The Labute approximate surface area is 287 Å². The third-order valence-corrected chi connectivity index (χ3v) is 9.31. The van der Waals surface area contributed by atoms with E-state index >= 15 is 0 Å². The van der Waals surface area contributed by atoms with Gasteiger partial charge < -0.3 is 25.0 Å². The maximum Gasteiger partial charge on any atom is 0.326 e. The molecule has 0 radical (unpaired) electrons. The van der Waals surface area contributed by atoms with Crippen molar-refractivity contribution < 1.29 is 24.2 Å². The van der Waals surface area contributed by atoms with Crippen LogP contribution in [-0.2, 0) is 33.9 Å². The number of imidazole rings is 1. The van der Waals surface area contributed by atoms with Gasteiger partial charge in [0.15, 0.2) is 0 Å². The lowest BCUT2D eigenvalue weighted by Gasteiger charge is -2.31. The van der Waals surface area contributed by atoms with E-state index in [2.05, 4.69) is 47.7 Å². The van der Waals surface area contributed by atoms with Crippen molar-refractivity contribution in [2.24, 2.45) is 5.92 Å². The lowest BCUT2D eigenvalue weighted by atomic mass is 9.97. The van der Waals surface area contributed by atoms with Crippen LogP contribution in [0, 0.1) is 5.92 Å². The molecule has 48 heavy (non-hydrogen) atoms. The lowest BCUT2D eigenvalue weighted by molar-refractivity contribution is -0.142. The Morgan fingerprint density at radius 1 is 1.02 bits per heavy atom. The summed E-state index contributed by atoms with van der Waals surface area (Å²) in [6.07, 6.45) is 6.67. The number of hydrogen-bond acceptors (Lipinski definition) is 7. The molecule has 4 rings (SSSR count). The fraction of sp³-hybridized carbons (Fsp3) is 0.405. The number of benzene rings is 3. The van der Waals surface area contributed by atoms with Crippen molar-refractivity contribution in [2.75, 3.05) is 32.2 Å². The van der Waals surface area contributed by atoms with Crippen LogP contribution in [0.1, 0.15) is 43.5 Å². The molecule has 3 atom stereocenters. The normalized spacial score (nSPS) is 13.2. The fourth-order valence-electron chi connectivity index (χ4n) is 5.71. The first-order chi connectivity index (χ1) is 23.2. The molecule has 3 aromatic carbocycles. The highest BCUT2D eigenvalue weighted by atomic mass is 32.2. The van der Waals surface area contributed by atoms with Gasteiger partial charge in [-0.05, 0) is 58.4 Å². The Hall–Kier alpha value is -4.35. The summed E-state index contributed by atoms with van der Waals surface area (Å²) in [5.74, 6) is -0.0180. The van der Waals surface area contributed by atoms with E-state index in [1.54, 1.807) is 19.6 Å². The molecule has 3 N–H and O–H groups in total. The summed E-state index contributed by atoms with van der Waals surface area (Å²) < 4.78 is 7.23. The van der Waals surface area contributed by atoms with Gasteiger partial charge in [0, 0.05) is 37.6 Å². The van der Waals surface area contributed by atoms with E-state index in [0.717, 1.165) is 39.8 Å². The molecular weight excluding hydrogens is 627 g/mol. The highest BCUT2D eigenvalue weighted by Crippen LogP contribution is 2.21. The summed E-state index contributed by atoms with van der Waals surface area (Å²) in [7, 11) is 1.63. The topological polar surface area (TPSA) is 126 Å². The molecule has 0 aliphatic heterocycles. The van der Waals surface area contributed by atoms with Gasteiger partial charge >= 0.3 is 5.97 Å². The van der Waals surface area contributed by atoms with Gasteiger partial charge in [-0.1, -0.05) is 74.9 Å². The van der Waals surface area contributed by atoms with Crippen LogP contribution in [0.2, 0.25) is 0 Å². The number of carboxylic acids is 1. The summed E-state index contributed by atoms with van der Waals surface area (Å²) in [5.41, 5.74) is 2.91. The van der Waals surface area contributed by atoms with E-state index in [-0.39, 0.29) is 36.7 Å². The van der Waals surface area contributed by atoms with Crippen molar-refractivity contribution in [3.63, 3.8) is 0 Å². The molecule has 11 heteroatoms. The first-order valence-electron chi connectivity index (χ1n) is 16.3. The Kier molecular flexibility index (Phi) is 13.9. The number of hydrogen-bond donors (Lipinski definition) is 3. The summed E-state index contributed by atoms with van der Waals surface area (Å²) in [5, 5.41) is 17.9. The number of nitrogens with zero attached hydrogens (tertiary/aromatic N) is 3. The number of aliphatic carboxylic acids is 1. The van der Waals surface area contributed by atoms with Gasteiger partial charge in [-0.2, -0.15) is 11.8 Å². The van der Waals surface area contributed by atoms with Gasteiger partial charge in [0.1, 0.15) is 11.8 Å². The number of carbonyl (C=O) groups excluding carboxylic acids is 2. The molecule has 0 spiro atoms. The molecule has 256 valence electrons. The van der Waals surface area contributed by atoms with Crippen LogP contribution in [0.4, 0.5) is 0 Å². The summed E-state index contributed by atoms with van der Waals surface area (Å²) in [4.78, 5) is 45.1. The molecule has 1 aromatic heterocycles. The van der Waals surface area contributed by atoms with Crippen LogP contribution in [0.15, 0.2) is 79.3 Å². The number of aromatic nitrogens is 2. The number of carbonyl (C=O) groups is 3. The Morgan fingerprint density at radius 3 is 2.48 bits per heavy atom. The number of amides is 2. The maximum atomic E-state index is 13.6. The smallest absolute Gasteiger partial charge is 0.326 e. The van der Waals surface area contributed by atoms with Crippen molar-refractivity contribution in [3.8, 4) is 5.75 Å². The number of thioether (sulfide) groups is 1. The minimum absolute atomic E-state index is 0.0102. The van der Waals surface area contributed by atoms with Gasteiger partial charge in [-0.25, -0.2) is 9.78 Å². The average molecular weight is 674 g/mol. The molecule has 1 heterocycles. The lowest BCUT2D eigenvalue weighted by Crippen LogP contribution is -2.51. The summed E-state index contributed by atoms with van der Waals surface area (Å²) >= 11 is 1.54. The zero-order valence-electron chi connectivity index (χ0n) is 28.2. The van der Waals surface area contributed by atoms with Crippen LogP contribution < -0.4 is 15.4 Å². The van der Waals surface area contributed by atoms with E-state index in [0.29, 0.717) is 31.8 Å². The van der Waals surface area contributed by atoms with Crippen molar-refractivity contribution in [2.45, 2.75) is 58.3 Å². The van der Waals surface area contributed by atoms with Crippen LogP contribution in [0.25, 0.3) is 10.8 Å². The molecule has 0 aliphatic rings. The highest BCUT2D eigenvalue weighted by molar-refractivity contribution is 7.98. The minimum Gasteiger partial charge on any atom is -0.497 e. The predicted molar refractivity (Wildman–Crippen MR) is 191 cm³/mol. The van der Waals surface area contributed by atoms with Gasteiger partial charge in [-0.3, -0.25) is 14.5 Å². The summed E-state index contributed by atoms with van der Waals surface area (Å²) in [6.45, 7) is 5.60. The molecule has 0 saturated carbocycles. The van der Waals surface area contributed by atoms with Gasteiger partial charge in [0.2, 0.25) is 11.8 Å². The first kappa shape index (κ1) is 36.5. The second-order valence-electron chi connectivity index (χ2n) is 12.1. The van der Waals surface area contributed by atoms with E-state index in [4.69, 9.17) is 4.74 Å². The Balaban J connectivity index is 1.51. The molecule has 10 nitrogen and oxygen atoms in total. The van der Waals surface area contributed by atoms with E-state index in [1.165, 1.54) is 11.8 Å². The van der Waals surface area contributed by atoms with E-state index < -0.39 is 12.0 Å². The van der Waals surface area contributed by atoms with Gasteiger partial charge in [0.25, 0.3) is 0 Å². The van der Waals surface area contributed by atoms with E-state index in [9.17, 15) is 19.5 Å². The number of carboxylic acid groups (broad SMARTS) is 1. The minimum atomic E-state index is -1.05. The molecule has 0 bridgehead atoms. The fourth-order valence-corrected chi connectivity index (χ4v) is 6.18. The zero-order chi connectivity index (χ0) is 34.5. The molecule has 0 aliphatic carbocycles. The quantitative estimate of drug-likeness (QED) is 0.127. The van der Waals surface area contributed by atoms with E-state index in [1.807, 2.05) is 64.3 Å². The largest absolute Gasteiger partial charge is 0.497 e. The second-order valence-corrected chi connectivity index (χ2v) is 13.1.